The van der Waals surface area contributed by atoms with E-state index in [2.05, 4.69) is 6.58 Å². The van der Waals surface area contributed by atoms with Gasteiger partial charge in [0, 0.05) is 12.0 Å². The molecule has 4 nitrogen and oxygen atoms in total. The third-order valence-electron chi connectivity index (χ3n) is 3.92. The van der Waals surface area contributed by atoms with Crippen LogP contribution in [-0.2, 0) is 6.42 Å². The number of allylic oxidation sites excluding steroid dienone is 1. The van der Waals surface area contributed by atoms with Crippen molar-refractivity contribution >= 4 is 11.9 Å². The zero-order valence-electron chi connectivity index (χ0n) is 14.4. The van der Waals surface area contributed by atoms with Crippen molar-refractivity contribution in [3.8, 4) is 11.5 Å². The zero-order valence-corrected chi connectivity index (χ0v) is 14.4. The Morgan fingerprint density at radius 1 is 1.24 bits per heavy atom. The predicted molar refractivity (Wildman–Crippen MR) is 99.0 cm³/mol. The molecule has 0 fully saturated rings. The molecular formula is C21H22O4. The number of aromatic hydroxyl groups is 1. The number of aliphatic hydroxyl groups excluding tert-OH is 1. The summed E-state index contributed by atoms with van der Waals surface area (Å²) in [6.07, 6.45) is 2.39. The van der Waals surface area contributed by atoms with E-state index in [4.69, 9.17) is 4.74 Å². The summed E-state index contributed by atoms with van der Waals surface area (Å²) in [5, 5.41) is 20.6. The molecule has 2 aromatic carbocycles. The molecule has 25 heavy (non-hydrogen) atoms. The van der Waals surface area contributed by atoms with Crippen LogP contribution in [0.15, 0.2) is 60.7 Å². The number of carbonyl (C=O) groups is 1. The van der Waals surface area contributed by atoms with E-state index in [1.165, 1.54) is 19.3 Å². The van der Waals surface area contributed by atoms with Crippen LogP contribution in [0.3, 0.4) is 0 Å². The van der Waals surface area contributed by atoms with Gasteiger partial charge in [-0.1, -0.05) is 48.6 Å². The summed E-state index contributed by atoms with van der Waals surface area (Å²) < 4.78 is 5.24. The number of aliphatic hydroxyl groups is 1. The van der Waals surface area contributed by atoms with E-state index in [9.17, 15) is 15.0 Å². The van der Waals surface area contributed by atoms with Gasteiger partial charge in [0.15, 0.2) is 5.78 Å². The highest BCUT2D eigenvalue weighted by molar-refractivity contribution is 6.09. The molecule has 2 N–H and O–H groups in total. The van der Waals surface area contributed by atoms with Gasteiger partial charge in [0.25, 0.3) is 0 Å². The second-order valence-corrected chi connectivity index (χ2v) is 5.82. The first-order valence-electron chi connectivity index (χ1n) is 7.93. The van der Waals surface area contributed by atoms with Gasteiger partial charge < -0.3 is 14.9 Å². The molecule has 1 atom stereocenters. The summed E-state index contributed by atoms with van der Waals surface area (Å²) in [6, 6.07) is 12.6. The first-order chi connectivity index (χ1) is 11.9. The lowest BCUT2D eigenvalue weighted by Gasteiger charge is -2.16. The quantitative estimate of drug-likeness (QED) is 0.458. The maximum atomic E-state index is 12.4. The molecular weight excluding hydrogens is 316 g/mol. The van der Waals surface area contributed by atoms with E-state index in [0.29, 0.717) is 16.9 Å². The zero-order chi connectivity index (χ0) is 18.4. The first kappa shape index (κ1) is 18.5. The highest BCUT2D eigenvalue weighted by atomic mass is 16.5. The molecule has 2 aromatic rings. The number of methoxy groups -OCH3 is 1. The van der Waals surface area contributed by atoms with Crippen molar-refractivity contribution < 1.29 is 19.7 Å². The lowest BCUT2D eigenvalue weighted by molar-refractivity contribution is 0.104. The molecule has 0 bridgehead atoms. The van der Waals surface area contributed by atoms with Crippen molar-refractivity contribution in [3.63, 3.8) is 0 Å². The van der Waals surface area contributed by atoms with Gasteiger partial charge >= 0.3 is 0 Å². The molecule has 0 aliphatic rings. The molecule has 2 rings (SSSR count). The van der Waals surface area contributed by atoms with Crippen LogP contribution < -0.4 is 4.74 Å². The molecule has 1 unspecified atom stereocenters. The highest BCUT2D eigenvalue weighted by Gasteiger charge is 2.19. The average molecular weight is 338 g/mol. The summed E-state index contributed by atoms with van der Waals surface area (Å²) in [5.41, 5.74) is 2.01. The van der Waals surface area contributed by atoms with Gasteiger partial charge in [-0.2, -0.15) is 0 Å². The van der Waals surface area contributed by atoms with Crippen molar-refractivity contribution in [3.05, 3.63) is 77.4 Å². The van der Waals surface area contributed by atoms with Gasteiger partial charge in [-0.15, -0.1) is 0 Å². The number of hydrogen-bond acceptors (Lipinski definition) is 4. The maximum absolute atomic E-state index is 12.4. The Kier molecular flexibility index (Phi) is 6.14. The minimum atomic E-state index is -0.829. The lowest BCUT2D eigenvalue weighted by Crippen LogP contribution is -2.13. The topological polar surface area (TPSA) is 66.8 Å². The van der Waals surface area contributed by atoms with E-state index in [-0.39, 0.29) is 23.5 Å². The van der Waals surface area contributed by atoms with Gasteiger partial charge in [0.1, 0.15) is 11.5 Å². The molecule has 0 heterocycles. The molecule has 0 saturated carbocycles. The van der Waals surface area contributed by atoms with Crippen LogP contribution in [0.5, 0.6) is 11.5 Å². The monoisotopic (exact) mass is 338 g/mol. The van der Waals surface area contributed by atoms with Gasteiger partial charge in [-0.25, -0.2) is 0 Å². The van der Waals surface area contributed by atoms with Crippen molar-refractivity contribution in [1.29, 1.82) is 0 Å². The molecule has 4 heteroatoms. The number of phenolic OH excluding ortho intramolecular Hbond substituents is 1. The predicted octanol–water partition coefficient (Wildman–Crippen LogP) is 3.78. The number of ether oxygens (including phenoxy) is 1. The molecule has 0 amide bonds. The Morgan fingerprint density at radius 2 is 1.92 bits per heavy atom. The number of ketones is 1. The molecule has 0 aromatic heterocycles. The number of carbonyl (C=O) groups excluding carboxylic acids is 1. The number of phenols is 1. The standard InChI is InChI=1S/C21H22O4/c1-14(2)19(23)13-17-20(25-3)12-10-16(21(17)24)18(22)11-9-15-7-5-4-6-8-15/h4-12,19,23-24H,1,13H2,2-3H3/b11-9+. The first-order valence-corrected chi connectivity index (χ1v) is 7.93. The van der Waals surface area contributed by atoms with Crippen LogP contribution in [0.1, 0.15) is 28.4 Å². The summed E-state index contributed by atoms with van der Waals surface area (Å²) in [6.45, 7) is 5.41. The van der Waals surface area contributed by atoms with Gasteiger partial charge in [0.05, 0.1) is 18.8 Å². The van der Waals surface area contributed by atoms with E-state index in [1.807, 2.05) is 30.3 Å². The highest BCUT2D eigenvalue weighted by Crippen LogP contribution is 2.33. The minimum absolute atomic E-state index is 0.119. The van der Waals surface area contributed by atoms with Gasteiger partial charge in [0.2, 0.25) is 0 Å². The normalized spacial score (nSPS) is 12.1. The molecule has 0 radical (unpaired) electrons. The number of benzene rings is 2. The summed E-state index contributed by atoms with van der Waals surface area (Å²) in [5.74, 6) is -0.0844. The smallest absolute Gasteiger partial charge is 0.189 e. The Balaban J connectivity index is 2.33. The van der Waals surface area contributed by atoms with Crippen LogP contribution in [-0.4, -0.2) is 29.2 Å². The third-order valence-corrected chi connectivity index (χ3v) is 3.92. The molecule has 0 spiro atoms. The van der Waals surface area contributed by atoms with E-state index >= 15 is 0 Å². The van der Waals surface area contributed by atoms with Crippen LogP contribution in [0.4, 0.5) is 0 Å². The maximum Gasteiger partial charge on any atom is 0.189 e. The average Bonchev–Trinajstić information content (AvgIpc) is 2.61. The van der Waals surface area contributed by atoms with Crippen molar-refractivity contribution in [2.45, 2.75) is 19.4 Å². The Bertz CT molecular complexity index is 791. The fourth-order valence-corrected chi connectivity index (χ4v) is 2.40. The number of rotatable bonds is 7. The van der Waals surface area contributed by atoms with E-state index in [1.54, 1.807) is 19.1 Å². The van der Waals surface area contributed by atoms with E-state index in [0.717, 1.165) is 5.56 Å². The Labute approximate surface area is 147 Å². The number of hydrogen-bond donors (Lipinski definition) is 2. The second-order valence-electron chi connectivity index (χ2n) is 5.82. The minimum Gasteiger partial charge on any atom is -0.507 e. The molecule has 0 saturated heterocycles. The Hall–Kier alpha value is -2.85. The summed E-state index contributed by atoms with van der Waals surface area (Å²) in [7, 11) is 1.47. The summed E-state index contributed by atoms with van der Waals surface area (Å²) in [4.78, 5) is 12.4. The van der Waals surface area contributed by atoms with Crippen LogP contribution >= 0.6 is 0 Å². The van der Waals surface area contributed by atoms with E-state index < -0.39 is 6.10 Å². The fourth-order valence-electron chi connectivity index (χ4n) is 2.40. The molecule has 0 aliphatic carbocycles. The largest absolute Gasteiger partial charge is 0.507 e. The van der Waals surface area contributed by atoms with Crippen molar-refractivity contribution in [2.24, 2.45) is 0 Å². The van der Waals surface area contributed by atoms with Gasteiger partial charge in [-0.3, -0.25) is 4.79 Å². The SMILES string of the molecule is C=C(C)C(O)Cc1c(OC)ccc(C(=O)/C=C/c2ccccc2)c1O. The van der Waals surface area contributed by atoms with Crippen LogP contribution in [0.2, 0.25) is 0 Å². The lowest BCUT2D eigenvalue weighted by atomic mass is 9.97. The second kappa shape index (κ2) is 8.31. The van der Waals surface area contributed by atoms with Crippen LogP contribution in [0.25, 0.3) is 6.08 Å². The third kappa shape index (κ3) is 4.58. The van der Waals surface area contributed by atoms with Crippen molar-refractivity contribution in [1.82, 2.24) is 0 Å². The summed E-state index contributed by atoms with van der Waals surface area (Å²) >= 11 is 0. The van der Waals surface area contributed by atoms with Crippen molar-refractivity contribution in [2.75, 3.05) is 7.11 Å². The fraction of sp³-hybridized carbons (Fsp3) is 0.190. The molecule has 0 aliphatic heterocycles. The van der Waals surface area contributed by atoms with Gasteiger partial charge in [-0.05, 0) is 30.7 Å². The Morgan fingerprint density at radius 3 is 2.52 bits per heavy atom. The van der Waals surface area contributed by atoms with Crippen LogP contribution in [0, 0.1) is 0 Å². The molecule has 130 valence electrons.